The lowest BCUT2D eigenvalue weighted by Gasteiger charge is -1.79. The lowest BCUT2D eigenvalue weighted by atomic mass is 10.3. The summed E-state index contributed by atoms with van der Waals surface area (Å²) in [5.41, 5.74) is 0. The summed E-state index contributed by atoms with van der Waals surface area (Å²) in [7, 11) is 0. The highest BCUT2D eigenvalue weighted by atomic mass is 13.7. The van der Waals surface area contributed by atoms with Gasteiger partial charge in [0.25, 0.3) is 0 Å². The van der Waals surface area contributed by atoms with Crippen LogP contribution in [-0.4, -0.2) is 0 Å². The molecule has 0 radical (unpaired) electrons. The standard InChI is InChI=1S/C4H10.3C2H6.C2H4.C2H2/c1-4(2)3;5*1-2/h4H,1-3H3;3*1-2H3;1-2H2;1-2H. The Kier molecular flexibility index (Phi) is 801. The molecule has 0 heterocycles. The molecule has 0 N–H and O–H groups in total. The van der Waals surface area contributed by atoms with Gasteiger partial charge in [-0.1, -0.05) is 62.3 Å². The van der Waals surface area contributed by atoms with Crippen LogP contribution in [0.1, 0.15) is 62.3 Å². The van der Waals surface area contributed by atoms with E-state index in [9.17, 15) is 0 Å². The molecule has 0 aliphatic rings. The molecule has 0 aromatic rings. The van der Waals surface area contributed by atoms with Gasteiger partial charge in [0, 0.05) is 0 Å². The molecule has 0 unspecified atom stereocenters. The Labute approximate surface area is 94.8 Å². The van der Waals surface area contributed by atoms with Crippen molar-refractivity contribution in [2.45, 2.75) is 62.3 Å². The first-order valence-electron chi connectivity index (χ1n) is 5.57. The van der Waals surface area contributed by atoms with Crippen LogP contribution in [0.25, 0.3) is 0 Å². The van der Waals surface area contributed by atoms with Gasteiger partial charge < -0.3 is 0 Å². The van der Waals surface area contributed by atoms with Gasteiger partial charge in [0.15, 0.2) is 0 Å². The summed E-state index contributed by atoms with van der Waals surface area (Å²) in [5.74, 6) is 0.833. The van der Waals surface area contributed by atoms with E-state index in [1.54, 1.807) is 0 Å². The third-order valence-electron chi connectivity index (χ3n) is 0. The molecule has 0 spiro atoms. The van der Waals surface area contributed by atoms with Gasteiger partial charge in [-0.15, -0.1) is 26.0 Å². The largest absolute Gasteiger partial charge is 0.124 e. The molecule has 14 heavy (non-hydrogen) atoms. The highest BCUT2D eigenvalue weighted by Crippen LogP contribution is 1.81. The fourth-order valence-electron chi connectivity index (χ4n) is 0. The second-order valence-electron chi connectivity index (χ2n) is 1.73. The second-order valence-corrected chi connectivity index (χ2v) is 1.73. The van der Waals surface area contributed by atoms with E-state index in [2.05, 4.69) is 46.8 Å². The van der Waals surface area contributed by atoms with E-state index in [1.807, 2.05) is 41.5 Å². The van der Waals surface area contributed by atoms with Gasteiger partial charge in [-0.3, -0.25) is 0 Å². The fraction of sp³-hybridized carbons (Fsp3) is 0.714. The van der Waals surface area contributed by atoms with Crippen molar-refractivity contribution in [1.29, 1.82) is 0 Å². The average molecular weight is 202 g/mol. The quantitative estimate of drug-likeness (QED) is 0.344. The lowest BCUT2D eigenvalue weighted by molar-refractivity contribution is 0.737. The minimum absolute atomic E-state index is 0.833. The first-order chi connectivity index (χ1) is 6.73. The van der Waals surface area contributed by atoms with Crippen LogP contribution in [-0.2, 0) is 0 Å². The predicted molar refractivity (Wildman–Crippen MR) is 75.7 cm³/mol. The van der Waals surface area contributed by atoms with Crippen molar-refractivity contribution in [3.63, 3.8) is 0 Å². The van der Waals surface area contributed by atoms with Crippen molar-refractivity contribution in [3.05, 3.63) is 13.2 Å². The first-order valence-corrected chi connectivity index (χ1v) is 5.57. The second kappa shape index (κ2) is 297. The number of hydrogen-bond donors (Lipinski definition) is 0. The lowest BCUT2D eigenvalue weighted by Crippen LogP contribution is -1.66. The normalized spacial score (nSPS) is 4.29. The van der Waals surface area contributed by atoms with Crippen molar-refractivity contribution in [1.82, 2.24) is 0 Å². The molecule has 0 aliphatic carbocycles. The summed E-state index contributed by atoms with van der Waals surface area (Å²) in [6.07, 6.45) is 8.00. The zero-order valence-electron chi connectivity index (χ0n) is 12.1. The zero-order chi connectivity index (χ0) is 13.6. The van der Waals surface area contributed by atoms with Crippen LogP contribution < -0.4 is 0 Å². The molecule has 0 rings (SSSR count). The van der Waals surface area contributed by atoms with Gasteiger partial charge in [-0.25, -0.2) is 0 Å². The summed E-state index contributed by atoms with van der Waals surface area (Å²) in [6, 6.07) is 0. The summed E-state index contributed by atoms with van der Waals surface area (Å²) in [5, 5.41) is 0. The Balaban J connectivity index is -0.0000000143. The molecule has 0 aromatic heterocycles. The molecule has 0 nitrogen and oxygen atoms in total. The summed E-state index contributed by atoms with van der Waals surface area (Å²) in [4.78, 5) is 0. The maximum Gasteiger partial charge on any atom is -0.0500 e. The summed E-state index contributed by atoms with van der Waals surface area (Å²) < 4.78 is 0. The SMILES string of the molecule is C#C.C=C.CC.CC.CC.CC(C)C. The monoisotopic (exact) mass is 202 g/mol. The molecule has 0 bridgehead atoms. The van der Waals surface area contributed by atoms with Crippen LogP contribution in [0.3, 0.4) is 0 Å². The molecule has 0 aliphatic heterocycles. The summed E-state index contributed by atoms with van der Waals surface area (Å²) in [6.45, 7) is 24.5. The third kappa shape index (κ3) is 2450. The van der Waals surface area contributed by atoms with Crippen LogP contribution in [0, 0.1) is 18.8 Å². The van der Waals surface area contributed by atoms with Crippen LogP contribution in [0.5, 0.6) is 0 Å². The molecule has 90 valence electrons. The van der Waals surface area contributed by atoms with Crippen molar-refractivity contribution in [3.8, 4) is 12.8 Å². The smallest absolute Gasteiger partial charge is 0.0500 e. The number of hydrogen-bond acceptors (Lipinski definition) is 0. The molecule has 0 saturated heterocycles. The van der Waals surface area contributed by atoms with E-state index in [0.717, 1.165) is 5.92 Å². The molecule has 0 atom stereocenters. The maximum atomic E-state index is 4.00. The molecule has 0 fully saturated rings. The minimum Gasteiger partial charge on any atom is -0.124 e. The maximum absolute atomic E-state index is 4.00. The predicted octanol–water partition coefficient (Wildman–Crippen LogP) is 5.79. The number of rotatable bonds is 0. The van der Waals surface area contributed by atoms with Crippen molar-refractivity contribution < 1.29 is 0 Å². The Bertz CT molecular complexity index is 29.8. The molecule has 0 heteroatoms. The third-order valence-corrected chi connectivity index (χ3v) is 0. The summed E-state index contributed by atoms with van der Waals surface area (Å²) >= 11 is 0. The Morgan fingerprint density at radius 3 is 0.643 bits per heavy atom. The minimum atomic E-state index is 0.833. The van der Waals surface area contributed by atoms with Crippen LogP contribution >= 0.6 is 0 Å². The van der Waals surface area contributed by atoms with Crippen LogP contribution in [0.4, 0.5) is 0 Å². The van der Waals surface area contributed by atoms with E-state index in [4.69, 9.17) is 0 Å². The van der Waals surface area contributed by atoms with E-state index in [1.165, 1.54) is 0 Å². The fourth-order valence-corrected chi connectivity index (χ4v) is 0. The van der Waals surface area contributed by atoms with Gasteiger partial charge in [0.1, 0.15) is 0 Å². The Hall–Kier alpha value is -0.700. The van der Waals surface area contributed by atoms with Crippen LogP contribution in [0.2, 0.25) is 0 Å². The average Bonchev–Trinajstić information content (AvgIpc) is 2.30. The van der Waals surface area contributed by atoms with Crippen LogP contribution in [0.15, 0.2) is 13.2 Å². The number of terminal acetylenes is 1. The zero-order valence-corrected chi connectivity index (χ0v) is 12.1. The first kappa shape index (κ1) is 37.8. The van der Waals surface area contributed by atoms with Gasteiger partial charge in [-0.05, 0) is 5.92 Å². The van der Waals surface area contributed by atoms with Gasteiger partial charge in [-0.2, -0.15) is 0 Å². The molecular formula is C14H34. The Morgan fingerprint density at radius 2 is 0.643 bits per heavy atom. The topological polar surface area (TPSA) is 0 Å². The molecular weight excluding hydrogens is 168 g/mol. The highest BCUT2D eigenvalue weighted by molar-refractivity contribution is 4.47. The van der Waals surface area contributed by atoms with E-state index >= 15 is 0 Å². The van der Waals surface area contributed by atoms with E-state index in [-0.39, 0.29) is 0 Å². The molecule has 0 aromatic carbocycles. The molecule has 0 saturated carbocycles. The van der Waals surface area contributed by atoms with E-state index < -0.39 is 0 Å². The van der Waals surface area contributed by atoms with Gasteiger partial charge in [0.05, 0.1) is 0 Å². The van der Waals surface area contributed by atoms with E-state index in [0.29, 0.717) is 0 Å². The molecule has 0 amide bonds. The van der Waals surface area contributed by atoms with Gasteiger partial charge >= 0.3 is 0 Å². The Morgan fingerprint density at radius 1 is 0.643 bits per heavy atom. The van der Waals surface area contributed by atoms with Gasteiger partial charge in [0.2, 0.25) is 0 Å². The highest BCUT2D eigenvalue weighted by Gasteiger charge is 1.68. The van der Waals surface area contributed by atoms with Crippen molar-refractivity contribution >= 4 is 0 Å². The van der Waals surface area contributed by atoms with Crippen molar-refractivity contribution in [2.24, 2.45) is 5.92 Å². The van der Waals surface area contributed by atoms with Crippen molar-refractivity contribution in [2.75, 3.05) is 0 Å².